The standard InChI is InChI=1S/C7H16O4S/c1-3-11-5-4-7(8)6-12(2,9)10/h7-8H,3-6H2,1-2H3. The minimum atomic E-state index is -3.07. The predicted octanol–water partition coefficient (Wildman–Crippen LogP) is -0.181. The number of ether oxygens (including phenoxy) is 1. The molecule has 0 heterocycles. The van der Waals surface area contributed by atoms with Crippen molar-refractivity contribution in [3.63, 3.8) is 0 Å². The lowest BCUT2D eigenvalue weighted by atomic mass is 10.3. The molecule has 0 aliphatic rings. The summed E-state index contributed by atoms with van der Waals surface area (Å²) in [5, 5.41) is 9.15. The van der Waals surface area contributed by atoms with E-state index in [9.17, 15) is 8.42 Å². The number of hydrogen-bond acceptors (Lipinski definition) is 4. The molecule has 0 aliphatic heterocycles. The van der Waals surface area contributed by atoms with Gasteiger partial charge in [-0.25, -0.2) is 8.42 Å². The van der Waals surface area contributed by atoms with Crippen LogP contribution in [0.5, 0.6) is 0 Å². The highest BCUT2D eigenvalue weighted by Crippen LogP contribution is 1.96. The number of rotatable bonds is 6. The van der Waals surface area contributed by atoms with Gasteiger partial charge in [-0.2, -0.15) is 0 Å². The minimum absolute atomic E-state index is 0.180. The van der Waals surface area contributed by atoms with Gasteiger partial charge >= 0.3 is 0 Å². The van der Waals surface area contributed by atoms with E-state index in [0.29, 0.717) is 19.6 Å². The van der Waals surface area contributed by atoms with Gasteiger partial charge in [0.15, 0.2) is 0 Å². The van der Waals surface area contributed by atoms with E-state index >= 15 is 0 Å². The van der Waals surface area contributed by atoms with Crippen LogP contribution in [0, 0.1) is 0 Å². The van der Waals surface area contributed by atoms with Gasteiger partial charge in [-0.15, -0.1) is 0 Å². The average molecular weight is 196 g/mol. The molecule has 0 saturated heterocycles. The molecule has 0 aliphatic carbocycles. The third-order valence-electron chi connectivity index (χ3n) is 1.29. The van der Waals surface area contributed by atoms with Crippen molar-refractivity contribution in [1.82, 2.24) is 0 Å². The molecule has 0 saturated carbocycles. The van der Waals surface area contributed by atoms with Crippen LogP contribution in [0.3, 0.4) is 0 Å². The summed E-state index contributed by atoms with van der Waals surface area (Å²) in [6.07, 6.45) is 0.684. The smallest absolute Gasteiger partial charge is 0.149 e. The zero-order valence-electron chi connectivity index (χ0n) is 7.49. The number of aliphatic hydroxyl groups is 1. The van der Waals surface area contributed by atoms with Gasteiger partial charge in [-0.05, 0) is 13.3 Å². The fraction of sp³-hybridized carbons (Fsp3) is 1.00. The van der Waals surface area contributed by atoms with Crippen LogP contribution >= 0.6 is 0 Å². The fourth-order valence-corrected chi connectivity index (χ4v) is 1.66. The van der Waals surface area contributed by atoms with Crippen molar-refractivity contribution in [1.29, 1.82) is 0 Å². The Morgan fingerprint density at radius 3 is 2.50 bits per heavy atom. The normalized spacial score (nSPS) is 14.6. The second-order valence-corrected chi connectivity index (χ2v) is 4.92. The van der Waals surface area contributed by atoms with Crippen LogP contribution in [0.2, 0.25) is 0 Å². The lowest BCUT2D eigenvalue weighted by Gasteiger charge is -2.08. The van der Waals surface area contributed by atoms with Crippen LogP contribution < -0.4 is 0 Å². The third kappa shape index (κ3) is 7.97. The Labute approximate surface area is 73.5 Å². The highest BCUT2D eigenvalue weighted by molar-refractivity contribution is 7.90. The summed E-state index contributed by atoms with van der Waals surface area (Å²) >= 11 is 0. The van der Waals surface area contributed by atoms with Crippen molar-refractivity contribution in [3.8, 4) is 0 Å². The van der Waals surface area contributed by atoms with E-state index in [1.807, 2.05) is 6.92 Å². The van der Waals surface area contributed by atoms with Gasteiger partial charge in [-0.1, -0.05) is 0 Å². The topological polar surface area (TPSA) is 63.6 Å². The number of sulfone groups is 1. The quantitative estimate of drug-likeness (QED) is 0.598. The molecule has 1 atom stereocenters. The van der Waals surface area contributed by atoms with Gasteiger partial charge < -0.3 is 9.84 Å². The van der Waals surface area contributed by atoms with E-state index in [1.54, 1.807) is 0 Å². The van der Waals surface area contributed by atoms with Crippen LogP contribution in [-0.2, 0) is 14.6 Å². The summed E-state index contributed by atoms with van der Waals surface area (Å²) < 4.78 is 26.3. The Morgan fingerprint density at radius 2 is 2.08 bits per heavy atom. The van der Waals surface area contributed by atoms with Gasteiger partial charge in [0.2, 0.25) is 0 Å². The largest absolute Gasteiger partial charge is 0.392 e. The maximum Gasteiger partial charge on any atom is 0.149 e. The second-order valence-electron chi connectivity index (χ2n) is 2.73. The molecule has 0 aromatic heterocycles. The van der Waals surface area contributed by atoms with Gasteiger partial charge in [0.25, 0.3) is 0 Å². The maximum absolute atomic E-state index is 10.7. The second kappa shape index (κ2) is 5.50. The highest BCUT2D eigenvalue weighted by Gasteiger charge is 2.11. The Morgan fingerprint density at radius 1 is 1.50 bits per heavy atom. The van der Waals surface area contributed by atoms with Gasteiger partial charge in [0.05, 0.1) is 11.9 Å². The van der Waals surface area contributed by atoms with Crippen LogP contribution in [-0.4, -0.2) is 44.9 Å². The van der Waals surface area contributed by atoms with Crippen molar-refractivity contribution < 1.29 is 18.3 Å². The molecule has 5 heteroatoms. The Bertz CT molecular complexity index is 197. The maximum atomic E-state index is 10.7. The first-order valence-electron chi connectivity index (χ1n) is 3.89. The first-order valence-corrected chi connectivity index (χ1v) is 5.95. The number of hydrogen-bond donors (Lipinski definition) is 1. The average Bonchev–Trinajstić information content (AvgIpc) is 1.84. The van der Waals surface area contributed by atoms with Crippen molar-refractivity contribution in [2.75, 3.05) is 25.2 Å². The van der Waals surface area contributed by atoms with Gasteiger partial charge in [0.1, 0.15) is 9.84 Å². The Balaban J connectivity index is 3.53. The lowest BCUT2D eigenvalue weighted by molar-refractivity contribution is 0.0980. The SMILES string of the molecule is CCOCCC(O)CS(C)(=O)=O. The summed E-state index contributed by atoms with van der Waals surface area (Å²) in [7, 11) is -3.07. The lowest BCUT2D eigenvalue weighted by Crippen LogP contribution is -2.21. The highest BCUT2D eigenvalue weighted by atomic mass is 32.2. The van der Waals surface area contributed by atoms with Crippen molar-refractivity contribution in [3.05, 3.63) is 0 Å². The van der Waals surface area contributed by atoms with Crippen molar-refractivity contribution >= 4 is 9.84 Å². The molecule has 0 amide bonds. The molecule has 0 aromatic carbocycles. The van der Waals surface area contributed by atoms with E-state index in [2.05, 4.69) is 0 Å². The molecule has 74 valence electrons. The Hall–Kier alpha value is -0.130. The molecule has 1 N–H and O–H groups in total. The number of aliphatic hydroxyl groups excluding tert-OH is 1. The van der Waals surface area contributed by atoms with Crippen molar-refractivity contribution in [2.45, 2.75) is 19.4 Å². The molecule has 12 heavy (non-hydrogen) atoms. The van der Waals surface area contributed by atoms with Crippen LogP contribution in [0.4, 0.5) is 0 Å². The molecule has 0 bridgehead atoms. The molecule has 1 unspecified atom stereocenters. The zero-order chi connectivity index (χ0) is 9.61. The van der Waals surface area contributed by atoms with E-state index in [1.165, 1.54) is 0 Å². The predicted molar refractivity (Wildman–Crippen MR) is 46.8 cm³/mol. The van der Waals surface area contributed by atoms with Crippen molar-refractivity contribution in [2.24, 2.45) is 0 Å². The molecule has 0 spiro atoms. The Kier molecular flexibility index (Phi) is 5.44. The molecule has 0 rings (SSSR count). The summed E-state index contributed by atoms with van der Waals surface area (Å²) in [5.41, 5.74) is 0. The van der Waals surface area contributed by atoms with Gasteiger partial charge in [0, 0.05) is 19.5 Å². The third-order valence-corrected chi connectivity index (χ3v) is 2.28. The van der Waals surface area contributed by atoms with E-state index in [-0.39, 0.29) is 5.75 Å². The molecule has 0 aromatic rings. The summed E-state index contributed by atoms with van der Waals surface area (Å²) in [5.74, 6) is -0.180. The zero-order valence-corrected chi connectivity index (χ0v) is 8.30. The first-order chi connectivity index (χ1) is 5.45. The van der Waals surface area contributed by atoms with Crippen LogP contribution in [0.1, 0.15) is 13.3 Å². The van der Waals surface area contributed by atoms with Gasteiger partial charge in [-0.3, -0.25) is 0 Å². The molecule has 0 fully saturated rings. The molecule has 4 nitrogen and oxygen atoms in total. The molecular formula is C7H16O4S. The molecule has 0 radical (unpaired) electrons. The van der Waals surface area contributed by atoms with E-state index < -0.39 is 15.9 Å². The van der Waals surface area contributed by atoms with E-state index in [0.717, 1.165) is 6.26 Å². The molecular weight excluding hydrogens is 180 g/mol. The fourth-order valence-electron chi connectivity index (χ4n) is 0.797. The van der Waals surface area contributed by atoms with E-state index in [4.69, 9.17) is 9.84 Å². The minimum Gasteiger partial charge on any atom is -0.392 e. The van der Waals surface area contributed by atoms with Crippen LogP contribution in [0.25, 0.3) is 0 Å². The van der Waals surface area contributed by atoms with Crippen LogP contribution in [0.15, 0.2) is 0 Å². The summed E-state index contributed by atoms with van der Waals surface area (Å²) in [4.78, 5) is 0. The monoisotopic (exact) mass is 196 g/mol. The summed E-state index contributed by atoms with van der Waals surface area (Å²) in [6.45, 7) is 2.85. The summed E-state index contributed by atoms with van der Waals surface area (Å²) in [6, 6.07) is 0. The first kappa shape index (κ1) is 11.9.